The third-order valence-corrected chi connectivity index (χ3v) is 5.02. The molecular formula is C17H18N4OS. The van der Waals surface area contributed by atoms with Crippen LogP contribution >= 0.6 is 11.3 Å². The SMILES string of the molecule is COc1cccc(C2Cn3ccnc3CN2Cc2nccs2)c1. The second-order valence-electron chi connectivity index (χ2n) is 5.62. The molecule has 118 valence electrons. The van der Waals surface area contributed by atoms with Crippen molar-refractivity contribution in [1.82, 2.24) is 19.4 Å². The van der Waals surface area contributed by atoms with E-state index in [4.69, 9.17) is 4.74 Å². The van der Waals surface area contributed by atoms with Gasteiger partial charge in [-0.2, -0.15) is 0 Å². The molecule has 1 aliphatic heterocycles. The van der Waals surface area contributed by atoms with E-state index in [1.807, 2.05) is 23.8 Å². The number of imidazole rings is 1. The van der Waals surface area contributed by atoms with E-state index in [1.54, 1.807) is 18.4 Å². The fourth-order valence-corrected chi connectivity index (χ4v) is 3.73. The Morgan fingerprint density at radius 3 is 3.09 bits per heavy atom. The molecule has 2 aromatic heterocycles. The van der Waals surface area contributed by atoms with Gasteiger partial charge >= 0.3 is 0 Å². The van der Waals surface area contributed by atoms with Gasteiger partial charge in [0.25, 0.3) is 0 Å². The number of hydrogen-bond acceptors (Lipinski definition) is 5. The molecule has 5 nitrogen and oxygen atoms in total. The van der Waals surface area contributed by atoms with E-state index in [9.17, 15) is 0 Å². The molecule has 0 radical (unpaired) electrons. The van der Waals surface area contributed by atoms with E-state index < -0.39 is 0 Å². The number of fused-ring (bicyclic) bond motifs is 1. The van der Waals surface area contributed by atoms with Gasteiger partial charge in [0.1, 0.15) is 16.6 Å². The average Bonchev–Trinajstić information content (AvgIpc) is 3.25. The number of rotatable bonds is 4. The van der Waals surface area contributed by atoms with Crippen LogP contribution in [0.15, 0.2) is 48.2 Å². The molecule has 1 atom stereocenters. The quantitative estimate of drug-likeness (QED) is 0.739. The predicted molar refractivity (Wildman–Crippen MR) is 89.3 cm³/mol. The first kappa shape index (κ1) is 14.4. The van der Waals surface area contributed by atoms with Crippen LogP contribution in [-0.4, -0.2) is 26.5 Å². The van der Waals surface area contributed by atoms with Gasteiger partial charge in [0.2, 0.25) is 0 Å². The molecule has 1 aliphatic rings. The van der Waals surface area contributed by atoms with Gasteiger partial charge in [0, 0.05) is 30.5 Å². The lowest BCUT2D eigenvalue weighted by Gasteiger charge is -2.36. The van der Waals surface area contributed by atoms with Gasteiger partial charge in [-0.15, -0.1) is 11.3 Å². The maximum Gasteiger partial charge on any atom is 0.122 e. The molecular weight excluding hydrogens is 308 g/mol. The third kappa shape index (κ3) is 2.87. The molecule has 4 rings (SSSR count). The Kier molecular flexibility index (Phi) is 3.85. The first-order valence-electron chi connectivity index (χ1n) is 7.60. The predicted octanol–water partition coefficient (Wildman–Crippen LogP) is 3.11. The summed E-state index contributed by atoms with van der Waals surface area (Å²) in [6.07, 6.45) is 5.81. The summed E-state index contributed by atoms with van der Waals surface area (Å²) >= 11 is 1.70. The van der Waals surface area contributed by atoms with Crippen molar-refractivity contribution in [1.29, 1.82) is 0 Å². The molecule has 0 bridgehead atoms. The van der Waals surface area contributed by atoms with Gasteiger partial charge in [-0.3, -0.25) is 4.90 Å². The van der Waals surface area contributed by atoms with Gasteiger partial charge < -0.3 is 9.30 Å². The highest BCUT2D eigenvalue weighted by atomic mass is 32.1. The Balaban J connectivity index is 1.68. The van der Waals surface area contributed by atoms with Crippen molar-refractivity contribution in [3.8, 4) is 5.75 Å². The summed E-state index contributed by atoms with van der Waals surface area (Å²) in [4.78, 5) is 11.4. The second kappa shape index (κ2) is 6.14. The Labute approximate surface area is 139 Å². The van der Waals surface area contributed by atoms with Crippen molar-refractivity contribution < 1.29 is 4.74 Å². The number of methoxy groups -OCH3 is 1. The first-order valence-corrected chi connectivity index (χ1v) is 8.48. The van der Waals surface area contributed by atoms with E-state index in [2.05, 4.69) is 43.8 Å². The van der Waals surface area contributed by atoms with Crippen LogP contribution in [0.1, 0.15) is 22.4 Å². The smallest absolute Gasteiger partial charge is 0.122 e. The van der Waals surface area contributed by atoms with Crippen molar-refractivity contribution in [3.63, 3.8) is 0 Å². The Bertz CT molecular complexity index is 784. The summed E-state index contributed by atoms with van der Waals surface area (Å²) in [7, 11) is 1.71. The van der Waals surface area contributed by atoms with Crippen molar-refractivity contribution in [3.05, 3.63) is 64.6 Å². The molecule has 0 spiro atoms. The summed E-state index contributed by atoms with van der Waals surface area (Å²) in [6, 6.07) is 8.63. The molecule has 0 saturated heterocycles. The van der Waals surface area contributed by atoms with Gasteiger partial charge in [0.05, 0.1) is 26.2 Å². The van der Waals surface area contributed by atoms with E-state index in [1.165, 1.54) is 5.56 Å². The number of aromatic nitrogens is 3. The fraction of sp³-hybridized carbons (Fsp3) is 0.294. The van der Waals surface area contributed by atoms with E-state index in [-0.39, 0.29) is 6.04 Å². The lowest BCUT2D eigenvalue weighted by atomic mass is 10.0. The second-order valence-corrected chi connectivity index (χ2v) is 6.60. The molecule has 6 heteroatoms. The summed E-state index contributed by atoms with van der Waals surface area (Å²) in [5.41, 5.74) is 1.26. The minimum atomic E-state index is 0.288. The summed E-state index contributed by atoms with van der Waals surface area (Å²) in [6.45, 7) is 2.56. The van der Waals surface area contributed by atoms with Crippen LogP contribution in [0, 0.1) is 0 Å². The molecule has 3 heterocycles. The molecule has 0 N–H and O–H groups in total. The van der Waals surface area contributed by atoms with Gasteiger partial charge in [-0.25, -0.2) is 9.97 Å². The molecule has 0 aliphatic carbocycles. The lowest BCUT2D eigenvalue weighted by molar-refractivity contribution is 0.128. The zero-order valence-corrected chi connectivity index (χ0v) is 13.7. The maximum absolute atomic E-state index is 5.39. The number of benzene rings is 1. The fourth-order valence-electron chi connectivity index (χ4n) is 3.09. The van der Waals surface area contributed by atoms with E-state index in [0.717, 1.165) is 36.2 Å². The minimum Gasteiger partial charge on any atom is -0.497 e. The van der Waals surface area contributed by atoms with Crippen molar-refractivity contribution in [2.24, 2.45) is 0 Å². The van der Waals surface area contributed by atoms with Crippen LogP contribution in [0.4, 0.5) is 0 Å². The zero-order valence-electron chi connectivity index (χ0n) is 12.9. The number of nitrogens with zero attached hydrogens (tertiary/aromatic N) is 4. The van der Waals surface area contributed by atoms with Crippen LogP contribution in [0.5, 0.6) is 5.75 Å². The number of thiazole rings is 1. The first-order chi connectivity index (χ1) is 11.3. The highest BCUT2D eigenvalue weighted by molar-refractivity contribution is 7.09. The highest BCUT2D eigenvalue weighted by Gasteiger charge is 2.28. The number of hydrogen-bond donors (Lipinski definition) is 0. The molecule has 0 amide bonds. The zero-order chi connectivity index (χ0) is 15.6. The Hall–Kier alpha value is -2.18. The van der Waals surface area contributed by atoms with E-state index >= 15 is 0 Å². The van der Waals surface area contributed by atoms with Crippen molar-refractivity contribution in [2.75, 3.05) is 7.11 Å². The van der Waals surface area contributed by atoms with Crippen molar-refractivity contribution in [2.45, 2.75) is 25.7 Å². The summed E-state index contributed by atoms with van der Waals surface area (Å²) in [5, 5.41) is 3.17. The summed E-state index contributed by atoms with van der Waals surface area (Å²) in [5.74, 6) is 2.01. The van der Waals surface area contributed by atoms with Gasteiger partial charge in [-0.1, -0.05) is 12.1 Å². The maximum atomic E-state index is 5.39. The van der Waals surface area contributed by atoms with Gasteiger partial charge in [0.15, 0.2) is 0 Å². The molecule has 0 saturated carbocycles. The van der Waals surface area contributed by atoms with Crippen LogP contribution < -0.4 is 4.74 Å². The largest absolute Gasteiger partial charge is 0.497 e. The molecule has 1 aromatic carbocycles. The molecule has 23 heavy (non-hydrogen) atoms. The minimum absolute atomic E-state index is 0.288. The standard InChI is InChI=1S/C17H18N4OS/c1-22-14-4-2-3-13(9-14)15-10-20-7-5-18-16(20)11-21(15)12-17-19-6-8-23-17/h2-9,15H,10-12H2,1H3. The monoisotopic (exact) mass is 326 g/mol. The number of ether oxygens (including phenoxy) is 1. The Morgan fingerprint density at radius 1 is 1.30 bits per heavy atom. The van der Waals surface area contributed by atoms with Crippen LogP contribution in [0.2, 0.25) is 0 Å². The van der Waals surface area contributed by atoms with E-state index in [0.29, 0.717) is 0 Å². The third-order valence-electron chi connectivity index (χ3n) is 4.26. The molecule has 3 aromatic rings. The van der Waals surface area contributed by atoms with Crippen LogP contribution in [-0.2, 0) is 19.6 Å². The lowest BCUT2D eigenvalue weighted by Crippen LogP contribution is -2.36. The Morgan fingerprint density at radius 2 is 2.26 bits per heavy atom. The summed E-state index contributed by atoms with van der Waals surface area (Å²) < 4.78 is 7.63. The highest BCUT2D eigenvalue weighted by Crippen LogP contribution is 2.32. The van der Waals surface area contributed by atoms with Crippen LogP contribution in [0.3, 0.4) is 0 Å². The normalized spacial score (nSPS) is 17.9. The average molecular weight is 326 g/mol. The molecule has 0 fully saturated rings. The molecule has 1 unspecified atom stereocenters. The van der Waals surface area contributed by atoms with Gasteiger partial charge in [-0.05, 0) is 17.7 Å². The topological polar surface area (TPSA) is 43.2 Å². The van der Waals surface area contributed by atoms with Crippen molar-refractivity contribution >= 4 is 11.3 Å². The van der Waals surface area contributed by atoms with Crippen LogP contribution in [0.25, 0.3) is 0 Å².